The summed E-state index contributed by atoms with van der Waals surface area (Å²) in [5.74, 6) is 0.455. The predicted octanol–water partition coefficient (Wildman–Crippen LogP) is 1.66. The van der Waals surface area contributed by atoms with E-state index in [1.807, 2.05) is 0 Å². The Morgan fingerprint density at radius 2 is 2.33 bits per heavy atom. The van der Waals surface area contributed by atoms with E-state index < -0.39 is 10.0 Å². The van der Waals surface area contributed by atoms with E-state index in [9.17, 15) is 8.42 Å². The number of hydrogen-bond donors (Lipinski definition) is 2. The number of fused-ring (bicyclic) bond motifs is 1. The Labute approximate surface area is 124 Å². The Morgan fingerprint density at radius 1 is 1.43 bits per heavy atom. The molecular weight excluding hydrogens is 290 g/mol. The molecule has 0 saturated carbocycles. The molecule has 0 amide bonds. The van der Waals surface area contributed by atoms with Crippen LogP contribution in [0.1, 0.15) is 19.3 Å². The quantitative estimate of drug-likeness (QED) is 0.879. The maximum atomic E-state index is 12.3. The summed E-state index contributed by atoms with van der Waals surface area (Å²) >= 11 is 0. The van der Waals surface area contributed by atoms with Crippen molar-refractivity contribution in [2.24, 2.45) is 5.92 Å². The van der Waals surface area contributed by atoms with Crippen molar-refractivity contribution in [1.82, 2.24) is 14.7 Å². The topological polar surface area (TPSA) is 84.1 Å². The van der Waals surface area contributed by atoms with Gasteiger partial charge in [-0.25, -0.2) is 18.1 Å². The number of nitrogens with zero attached hydrogens (tertiary/aromatic N) is 1. The Balaban J connectivity index is 1.62. The highest BCUT2D eigenvalue weighted by atomic mass is 32.2. The summed E-state index contributed by atoms with van der Waals surface area (Å²) in [5.41, 5.74) is 1.48. The number of hydrogen-bond acceptors (Lipinski definition) is 4. The molecule has 1 aromatic carbocycles. The van der Waals surface area contributed by atoms with Crippen LogP contribution in [0.25, 0.3) is 11.0 Å². The van der Waals surface area contributed by atoms with Gasteiger partial charge in [-0.05, 0) is 43.4 Å². The minimum atomic E-state index is -3.47. The summed E-state index contributed by atoms with van der Waals surface area (Å²) < 4.78 is 32.6. The van der Waals surface area contributed by atoms with Crippen LogP contribution in [0.2, 0.25) is 0 Å². The van der Waals surface area contributed by atoms with E-state index in [-0.39, 0.29) is 4.90 Å². The van der Waals surface area contributed by atoms with Gasteiger partial charge in [0.15, 0.2) is 0 Å². The van der Waals surface area contributed by atoms with E-state index in [0.717, 1.165) is 43.5 Å². The van der Waals surface area contributed by atoms with Crippen molar-refractivity contribution in [3.8, 4) is 0 Å². The molecule has 1 aromatic heterocycles. The van der Waals surface area contributed by atoms with Gasteiger partial charge < -0.3 is 9.72 Å². The number of benzene rings is 1. The van der Waals surface area contributed by atoms with Crippen LogP contribution in [0, 0.1) is 5.92 Å². The Kier molecular flexibility index (Phi) is 4.23. The lowest BCUT2D eigenvalue weighted by atomic mass is 9.99. The van der Waals surface area contributed by atoms with E-state index in [2.05, 4.69) is 14.7 Å². The van der Waals surface area contributed by atoms with Gasteiger partial charge in [0.25, 0.3) is 0 Å². The maximum absolute atomic E-state index is 12.3. The molecule has 1 fully saturated rings. The number of imidazole rings is 1. The number of aromatic amines is 1. The van der Waals surface area contributed by atoms with Crippen LogP contribution in [0.15, 0.2) is 29.4 Å². The molecule has 0 aliphatic carbocycles. The zero-order valence-corrected chi connectivity index (χ0v) is 12.5. The second kappa shape index (κ2) is 6.13. The molecule has 2 heterocycles. The van der Waals surface area contributed by atoms with Gasteiger partial charge in [0.05, 0.1) is 22.3 Å². The number of ether oxygens (including phenoxy) is 1. The van der Waals surface area contributed by atoms with Crippen LogP contribution in [-0.4, -0.2) is 38.1 Å². The van der Waals surface area contributed by atoms with Gasteiger partial charge in [0.2, 0.25) is 10.0 Å². The SMILES string of the molecule is O=S(=O)(NCCC1CCCOC1)c1ccc2nc[nH]c2c1. The zero-order valence-electron chi connectivity index (χ0n) is 11.7. The Hall–Kier alpha value is -1.44. The van der Waals surface area contributed by atoms with Crippen molar-refractivity contribution in [3.05, 3.63) is 24.5 Å². The molecule has 21 heavy (non-hydrogen) atoms. The Bertz CT molecular complexity index is 705. The average molecular weight is 309 g/mol. The van der Waals surface area contributed by atoms with Gasteiger partial charge in [-0.15, -0.1) is 0 Å². The van der Waals surface area contributed by atoms with Gasteiger partial charge in [-0.1, -0.05) is 0 Å². The third-order valence-electron chi connectivity index (χ3n) is 3.80. The maximum Gasteiger partial charge on any atom is 0.240 e. The fourth-order valence-corrected chi connectivity index (χ4v) is 3.67. The normalized spacial score (nSPS) is 19.9. The van der Waals surface area contributed by atoms with Crippen molar-refractivity contribution in [2.45, 2.75) is 24.2 Å². The lowest BCUT2D eigenvalue weighted by Crippen LogP contribution is -2.28. The number of nitrogens with one attached hydrogen (secondary N) is 2. The van der Waals surface area contributed by atoms with E-state index in [0.29, 0.717) is 12.5 Å². The highest BCUT2D eigenvalue weighted by Crippen LogP contribution is 2.18. The summed E-state index contributed by atoms with van der Waals surface area (Å²) in [6.45, 7) is 2.01. The van der Waals surface area contributed by atoms with Crippen molar-refractivity contribution in [3.63, 3.8) is 0 Å². The monoisotopic (exact) mass is 309 g/mol. The third-order valence-corrected chi connectivity index (χ3v) is 5.26. The van der Waals surface area contributed by atoms with Gasteiger partial charge in [0, 0.05) is 19.8 Å². The lowest BCUT2D eigenvalue weighted by Gasteiger charge is -2.21. The molecule has 2 aromatic rings. The molecule has 1 saturated heterocycles. The molecule has 114 valence electrons. The molecule has 1 aliphatic heterocycles. The van der Waals surface area contributed by atoms with E-state index >= 15 is 0 Å². The van der Waals surface area contributed by atoms with Crippen molar-refractivity contribution in [2.75, 3.05) is 19.8 Å². The second-order valence-corrected chi connectivity index (χ2v) is 7.12. The van der Waals surface area contributed by atoms with Crippen LogP contribution in [0.3, 0.4) is 0 Å². The number of aromatic nitrogens is 2. The van der Waals surface area contributed by atoms with E-state index in [1.54, 1.807) is 24.5 Å². The predicted molar refractivity (Wildman–Crippen MR) is 79.4 cm³/mol. The van der Waals surface area contributed by atoms with Gasteiger partial charge in [-0.3, -0.25) is 0 Å². The van der Waals surface area contributed by atoms with Crippen molar-refractivity contribution >= 4 is 21.1 Å². The van der Waals surface area contributed by atoms with Crippen LogP contribution < -0.4 is 4.72 Å². The van der Waals surface area contributed by atoms with E-state index in [1.165, 1.54) is 0 Å². The zero-order chi connectivity index (χ0) is 14.7. The first-order valence-corrected chi connectivity index (χ1v) is 8.64. The van der Waals surface area contributed by atoms with Crippen molar-refractivity contribution < 1.29 is 13.2 Å². The molecule has 1 unspecified atom stereocenters. The lowest BCUT2D eigenvalue weighted by molar-refractivity contribution is 0.0523. The third kappa shape index (κ3) is 3.42. The van der Waals surface area contributed by atoms with Gasteiger partial charge >= 0.3 is 0 Å². The summed E-state index contributed by atoms with van der Waals surface area (Å²) in [6, 6.07) is 4.89. The molecule has 0 bridgehead atoms. The molecule has 3 rings (SSSR count). The van der Waals surface area contributed by atoms with Crippen LogP contribution >= 0.6 is 0 Å². The summed E-state index contributed by atoms with van der Waals surface area (Å²) in [5, 5.41) is 0. The van der Waals surface area contributed by atoms with Crippen LogP contribution in [0.4, 0.5) is 0 Å². The highest BCUT2D eigenvalue weighted by Gasteiger charge is 2.17. The van der Waals surface area contributed by atoms with Crippen molar-refractivity contribution in [1.29, 1.82) is 0 Å². The fraction of sp³-hybridized carbons (Fsp3) is 0.500. The molecule has 0 spiro atoms. The molecule has 1 atom stereocenters. The first kappa shape index (κ1) is 14.5. The largest absolute Gasteiger partial charge is 0.381 e. The minimum absolute atomic E-state index is 0.263. The molecule has 0 radical (unpaired) electrons. The summed E-state index contributed by atoms with van der Waals surface area (Å²) in [4.78, 5) is 7.26. The summed E-state index contributed by atoms with van der Waals surface area (Å²) in [7, 11) is -3.47. The Morgan fingerprint density at radius 3 is 3.14 bits per heavy atom. The van der Waals surface area contributed by atoms with Gasteiger partial charge in [-0.2, -0.15) is 0 Å². The molecule has 1 aliphatic rings. The van der Waals surface area contributed by atoms with E-state index in [4.69, 9.17) is 4.74 Å². The standard InChI is InChI=1S/C14H19N3O3S/c18-21(19,17-6-5-11-2-1-7-20-9-11)12-3-4-13-14(8-12)16-10-15-13/h3-4,8,10-11,17H,1-2,5-7,9H2,(H,15,16). The molecule has 7 heteroatoms. The number of H-pyrrole nitrogens is 1. The fourth-order valence-electron chi connectivity index (χ4n) is 2.60. The average Bonchev–Trinajstić information content (AvgIpc) is 2.95. The van der Waals surface area contributed by atoms with Crippen LogP contribution in [0.5, 0.6) is 0 Å². The minimum Gasteiger partial charge on any atom is -0.381 e. The molecule has 6 nitrogen and oxygen atoms in total. The highest BCUT2D eigenvalue weighted by molar-refractivity contribution is 7.89. The number of rotatable bonds is 5. The summed E-state index contributed by atoms with van der Waals surface area (Å²) in [6.07, 6.45) is 4.54. The van der Waals surface area contributed by atoms with Crippen LogP contribution in [-0.2, 0) is 14.8 Å². The first-order chi connectivity index (χ1) is 10.1. The van der Waals surface area contributed by atoms with Gasteiger partial charge in [0.1, 0.15) is 0 Å². The first-order valence-electron chi connectivity index (χ1n) is 7.16. The molecular formula is C14H19N3O3S. The number of sulfonamides is 1. The molecule has 2 N–H and O–H groups in total. The second-order valence-electron chi connectivity index (χ2n) is 5.35. The smallest absolute Gasteiger partial charge is 0.240 e.